The minimum Gasteiger partial charge on any atom is -0.352 e. The summed E-state index contributed by atoms with van der Waals surface area (Å²) in [4.78, 5) is 29.8. The number of amides is 2. The summed E-state index contributed by atoms with van der Waals surface area (Å²) in [6.45, 7) is 0.583. The minimum absolute atomic E-state index is 0.180. The molecule has 3 N–H and O–H groups in total. The number of hydroxylamine groups is 1. The quantitative estimate of drug-likeness (QED) is 0.364. The van der Waals surface area contributed by atoms with Crippen molar-refractivity contribution < 1.29 is 14.8 Å². The first-order valence-corrected chi connectivity index (χ1v) is 6.20. The van der Waals surface area contributed by atoms with Gasteiger partial charge in [-0.05, 0) is 12.8 Å². The molecule has 1 heterocycles. The molecular formula is C12H18N4O3. The highest BCUT2D eigenvalue weighted by Crippen LogP contribution is 2.02. The number of carbonyl (C=O) groups excluding carboxylic acids is 2. The SMILES string of the molecule is O=C(CCCCCCNC(=O)c1cncnc1)NO. The van der Waals surface area contributed by atoms with Crippen LogP contribution in [0.3, 0.4) is 0 Å². The fraction of sp³-hybridized carbons (Fsp3) is 0.500. The molecule has 0 spiro atoms. The second-order valence-corrected chi connectivity index (χ2v) is 4.08. The molecule has 0 fully saturated rings. The largest absolute Gasteiger partial charge is 0.352 e. The topological polar surface area (TPSA) is 104 Å². The minimum atomic E-state index is -0.364. The van der Waals surface area contributed by atoms with Gasteiger partial charge in [0.05, 0.1) is 5.56 Å². The standard InChI is InChI=1S/C12H18N4O3/c17-11(16-19)5-3-1-2-4-6-15-12(18)10-7-13-9-14-8-10/h7-9,19H,1-6H2,(H,15,18)(H,16,17). The van der Waals surface area contributed by atoms with Crippen LogP contribution in [0.5, 0.6) is 0 Å². The molecule has 0 saturated carbocycles. The Morgan fingerprint density at radius 1 is 1.11 bits per heavy atom. The summed E-state index contributed by atoms with van der Waals surface area (Å²) in [5, 5.41) is 11.1. The molecule has 0 bridgehead atoms. The second-order valence-electron chi connectivity index (χ2n) is 4.08. The molecule has 1 aromatic rings. The van der Waals surface area contributed by atoms with E-state index < -0.39 is 0 Å². The smallest absolute Gasteiger partial charge is 0.254 e. The van der Waals surface area contributed by atoms with Crippen LogP contribution in [0.2, 0.25) is 0 Å². The van der Waals surface area contributed by atoms with Gasteiger partial charge in [0.1, 0.15) is 6.33 Å². The zero-order valence-electron chi connectivity index (χ0n) is 10.6. The van der Waals surface area contributed by atoms with Gasteiger partial charge in [-0.2, -0.15) is 0 Å². The monoisotopic (exact) mass is 266 g/mol. The highest BCUT2D eigenvalue weighted by molar-refractivity contribution is 5.93. The van der Waals surface area contributed by atoms with Gasteiger partial charge in [0.15, 0.2) is 0 Å². The fourth-order valence-electron chi connectivity index (χ4n) is 1.54. The van der Waals surface area contributed by atoms with E-state index in [1.54, 1.807) is 5.48 Å². The van der Waals surface area contributed by atoms with Gasteiger partial charge in [0.2, 0.25) is 5.91 Å². The molecule has 0 aromatic carbocycles. The summed E-state index contributed by atoms with van der Waals surface area (Å²) in [5.41, 5.74) is 2.04. The maximum Gasteiger partial charge on any atom is 0.254 e. The molecule has 19 heavy (non-hydrogen) atoms. The van der Waals surface area contributed by atoms with E-state index in [9.17, 15) is 9.59 Å². The maximum absolute atomic E-state index is 11.6. The number of carbonyl (C=O) groups is 2. The van der Waals surface area contributed by atoms with Gasteiger partial charge in [0.25, 0.3) is 5.91 Å². The Labute approximate surface area is 111 Å². The molecule has 0 aliphatic rings. The van der Waals surface area contributed by atoms with Crippen molar-refractivity contribution in [3.05, 3.63) is 24.3 Å². The average Bonchev–Trinajstić information content (AvgIpc) is 2.46. The molecular weight excluding hydrogens is 248 g/mol. The van der Waals surface area contributed by atoms with E-state index in [4.69, 9.17) is 5.21 Å². The number of nitrogens with one attached hydrogen (secondary N) is 2. The lowest BCUT2D eigenvalue weighted by atomic mass is 10.1. The van der Waals surface area contributed by atoms with E-state index >= 15 is 0 Å². The van der Waals surface area contributed by atoms with Crippen LogP contribution in [-0.2, 0) is 4.79 Å². The predicted octanol–water partition coefficient (Wildman–Crippen LogP) is 0.662. The molecule has 7 heteroatoms. The maximum atomic E-state index is 11.6. The molecule has 1 aromatic heterocycles. The Kier molecular flexibility index (Phi) is 7.11. The summed E-state index contributed by atoms with van der Waals surface area (Å²) >= 11 is 0. The lowest BCUT2D eigenvalue weighted by Gasteiger charge is -2.04. The molecule has 0 radical (unpaired) electrons. The summed E-state index contributed by atoms with van der Waals surface area (Å²) in [5.74, 6) is -0.544. The number of rotatable bonds is 8. The number of hydrogen-bond donors (Lipinski definition) is 3. The molecule has 0 unspecified atom stereocenters. The first kappa shape index (κ1) is 15.0. The van der Waals surface area contributed by atoms with Crippen LogP contribution in [0.25, 0.3) is 0 Å². The summed E-state index contributed by atoms with van der Waals surface area (Å²) in [7, 11) is 0. The Balaban J connectivity index is 2.02. The zero-order valence-corrected chi connectivity index (χ0v) is 10.6. The van der Waals surface area contributed by atoms with Crippen molar-refractivity contribution in [2.45, 2.75) is 32.1 Å². The second kappa shape index (κ2) is 8.98. The summed E-state index contributed by atoms with van der Waals surface area (Å²) in [6.07, 6.45) is 8.02. The average molecular weight is 266 g/mol. The van der Waals surface area contributed by atoms with E-state index in [1.165, 1.54) is 18.7 Å². The van der Waals surface area contributed by atoms with E-state index in [0.29, 0.717) is 18.5 Å². The highest BCUT2D eigenvalue weighted by Gasteiger charge is 2.04. The van der Waals surface area contributed by atoms with Crippen LogP contribution < -0.4 is 10.8 Å². The van der Waals surface area contributed by atoms with E-state index in [0.717, 1.165) is 25.7 Å². The van der Waals surface area contributed by atoms with Gasteiger partial charge in [-0.3, -0.25) is 14.8 Å². The fourth-order valence-corrected chi connectivity index (χ4v) is 1.54. The lowest BCUT2D eigenvalue weighted by Crippen LogP contribution is -2.24. The first-order chi connectivity index (χ1) is 9.24. The molecule has 0 aliphatic carbocycles. The van der Waals surface area contributed by atoms with Crippen LogP contribution in [0.1, 0.15) is 42.5 Å². The van der Waals surface area contributed by atoms with Crippen molar-refractivity contribution in [1.82, 2.24) is 20.8 Å². The third kappa shape index (κ3) is 6.46. The van der Waals surface area contributed by atoms with E-state index in [2.05, 4.69) is 15.3 Å². The summed E-state index contributed by atoms with van der Waals surface area (Å²) in [6, 6.07) is 0. The van der Waals surface area contributed by atoms with Crippen molar-refractivity contribution in [3.63, 3.8) is 0 Å². The molecule has 1 rings (SSSR count). The van der Waals surface area contributed by atoms with Gasteiger partial charge in [0, 0.05) is 25.4 Å². The number of unbranched alkanes of at least 4 members (excludes halogenated alkanes) is 3. The molecule has 104 valence electrons. The van der Waals surface area contributed by atoms with Crippen molar-refractivity contribution >= 4 is 11.8 Å². The highest BCUT2D eigenvalue weighted by atomic mass is 16.5. The van der Waals surface area contributed by atoms with Crippen molar-refractivity contribution in [3.8, 4) is 0 Å². The van der Waals surface area contributed by atoms with Gasteiger partial charge in [-0.15, -0.1) is 0 Å². The van der Waals surface area contributed by atoms with Crippen LogP contribution in [0.4, 0.5) is 0 Å². The van der Waals surface area contributed by atoms with Gasteiger partial charge >= 0.3 is 0 Å². The molecule has 0 atom stereocenters. The third-order valence-electron chi connectivity index (χ3n) is 2.56. The Morgan fingerprint density at radius 3 is 2.47 bits per heavy atom. The van der Waals surface area contributed by atoms with Gasteiger partial charge in [-0.1, -0.05) is 12.8 Å². The van der Waals surface area contributed by atoms with Gasteiger partial charge < -0.3 is 5.32 Å². The normalized spacial score (nSPS) is 9.95. The zero-order chi connectivity index (χ0) is 13.9. The first-order valence-electron chi connectivity index (χ1n) is 6.20. The number of hydrogen-bond acceptors (Lipinski definition) is 5. The molecule has 2 amide bonds. The van der Waals surface area contributed by atoms with Crippen molar-refractivity contribution in [1.29, 1.82) is 0 Å². The predicted molar refractivity (Wildman–Crippen MR) is 67.4 cm³/mol. The van der Waals surface area contributed by atoms with E-state index in [-0.39, 0.29) is 11.8 Å². The van der Waals surface area contributed by atoms with Crippen molar-refractivity contribution in [2.75, 3.05) is 6.54 Å². The third-order valence-corrected chi connectivity index (χ3v) is 2.56. The number of nitrogens with zero attached hydrogens (tertiary/aromatic N) is 2. The van der Waals surface area contributed by atoms with E-state index in [1.807, 2.05) is 0 Å². The lowest BCUT2D eigenvalue weighted by molar-refractivity contribution is -0.129. The van der Waals surface area contributed by atoms with Crippen LogP contribution in [-0.4, -0.2) is 33.5 Å². The Hall–Kier alpha value is -2.02. The Morgan fingerprint density at radius 2 is 1.79 bits per heavy atom. The summed E-state index contributed by atoms with van der Waals surface area (Å²) < 4.78 is 0. The van der Waals surface area contributed by atoms with Crippen LogP contribution in [0.15, 0.2) is 18.7 Å². The van der Waals surface area contributed by atoms with Crippen LogP contribution >= 0.6 is 0 Å². The van der Waals surface area contributed by atoms with Crippen molar-refractivity contribution in [2.24, 2.45) is 0 Å². The number of aromatic nitrogens is 2. The molecule has 7 nitrogen and oxygen atoms in total. The molecule has 0 saturated heterocycles. The van der Waals surface area contributed by atoms with Gasteiger partial charge in [-0.25, -0.2) is 15.4 Å². The molecule has 0 aliphatic heterocycles. The Bertz CT molecular complexity index is 397. The van der Waals surface area contributed by atoms with Crippen LogP contribution in [0, 0.1) is 0 Å².